The van der Waals surface area contributed by atoms with Crippen molar-refractivity contribution in [3.8, 4) is 0 Å². The molecule has 0 aromatic rings. The van der Waals surface area contributed by atoms with Gasteiger partial charge >= 0.3 is 0 Å². The highest BCUT2D eigenvalue weighted by Gasteiger charge is 2.13. The lowest BCUT2D eigenvalue weighted by molar-refractivity contribution is -0.105. The summed E-state index contributed by atoms with van der Waals surface area (Å²) in [6, 6.07) is 0. The van der Waals surface area contributed by atoms with Gasteiger partial charge in [0.25, 0.3) is 0 Å². The van der Waals surface area contributed by atoms with Gasteiger partial charge in [0, 0.05) is 0 Å². The van der Waals surface area contributed by atoms with E-state index in [1.807, 2.05) is 0 Å². The number of hydrogen-bond acceptors (Lipinski definition) is 4. The van der Waals surface area contributed by atoms with Gasteiger partial charge in [-0.2, -0.15) is 0 Å². The summed E-state index contributed by atoms with van der Waals surface area (Å²) >= 11 is 0.815. The van der Waals surface area contributed by atoms with Gasteiger partial charge in [-0.05, 0) is 11.8 Å². The van der Waals surface area contributed by atoms with Crippen molar-refractivity contribution in [3.63, 3.8) is 0 Å². The zero-order valence-electron chi connectivity index (χ0n) is 3.37. The molecule has 0 aromatic heterocycles. The molecule has 0 aromatic carbocycles. The number of aliphatic hydroxyl groups excluding tert-OH is 1. The Morgan fingerprint density at radius 2 is 2.71 bits per heavy atom. The smallest absolute Gasteiger partial charge is 0.234 e. The predicted molar refractivity (Wildman–Crippen MR) is 27.1 cm³/mol. The monoisotopic (exact) mass is 117 g/mol. The molecule has 0 radical (unpaired) electrons. The number of carbonyl (C=O) groups excluding carboxylic acids is 1. The zero-order valence-corrected chi connectivity index (χ0v) is 4.18. The lowest BCUT2D eigenvalue weighted by Crippen LogP contribution is -1.89. The lowest BCUT2D eigenvalue weighted by atomic mass is 10.8. The van der Waals surface area contributed by atoms with E-state index in [4.69, 9.17) is 5.11 Å². The summed E-state index contributed by atoms with van der Waals surface area (Å²) in [4.78, 5) is 13.5. The first-order valence-corrected chi connectivity index (χ1v) is 2.59. The normalized spacial score (nSPS) is 29.3. The molecule has 1 heterocycles. The van der Waals surface area contributed by atoms with Crippen molar-refractivity contribution in [2.24, 2.45) is 4.99 Å². The lowest BCUT2D eigenvalue weighted by Gasteiger charge is -1.86. The number of hydrogen-bond donors (Lipinski definition) is 1. The van der Waals surface area contributed by atoms with Crippen LogP contribution in [0.3, 0.4) is 0 Å². The second-order valence-electron chi connectivity index (χ2n) is 1.04. The summed E-state index contributed by atoms with van der Waals surface area (Å²) in [5, 5.41) is 8.27. The van der Waals surface area contributed by atoms with Crippen LogP contribution in [0.4, 0.5) is 0 Å². The highest BCUT2D eigenvalue weighted by atomic mass is 32.2. The van der Waals surface area contributed by atoms with Crippen LogP contribution in [0, 0.1) is 0 Å². The Kier molecular flexibility index (Phi) is 1.12. The van der Waals surface area contributed by atoms with E-state index in [2.05, 4.69) is 4.99 Å². The molecule has 0 bridgehead atoms. The van der Waals surface area contributed by atoms with Crippen LogP contribution in [-0.4, -0.2) is 22.0 Å². The molecule has 3 nitrogen and oxygen atoms in total. The Balaban J connectivity index is 2.58. The molecular formula is C3H3NO2S. The van der Waals surface area contributed by atoms with Crippen LogP contribution in [0.15, 0.2) is 4.99 Å². The van der Waals surface area contributed by atoms with E-state index in [1.54, 1.807) is 0 Å². The van der Waals surface area contributed by atoms with Crippen LogP contribution in [0.5, 0.6) is 0 Å². The Morgan fingerprint density at radius 1 is 2.00 bits per heavy atom. The third-order valence-corrected chi connectivity index (χ3v) is 1.20. The summed E-state index contributed by atoms with van der Waals surface area (Å²) in [6.07, 6.45) is 1.12. The molecule has 38 valence electrons. The summed E-state index contributed by atoms with van der Waals surface area (Å²) in [6.45, 7) is 0. The number of aliphatic hydroxyl groups is 1. The molecule has 0 saturated carbocycles. The predicted octanol–water partition coefficient (Wildman–Crippen LogP) is -0.394. The van der Waals surface area contributed by atoms with E-state index in [1.165, 1.54) is 0 Å². The van der Waals surface area contributed by atoms with Gasteiger partial charge < -0.3 is 5.11 Å². The molecule has 0 fully saturated rings. The van der Waals surface area contributed by atoms with Crippen molar-refractivity contribution >= 4 is 23.1 Å². The first-order valence-electron chi connectivity index (χ1n) is 1.71. The summed E-state index contributed by atoms with van der Waals surface area (Å²) in [5.41, 5.74) is -0.840. The molecule has 4 heteroatoms. The van der Waals surface area contributed by atoms with Crippen molar-refractivity contribution in [2.45, 2.75) is 5.56 Å². The van der Waals surface area contributed by atoms with Gasteiger partial charge in [-0.25, -0.2) is 4.99 Å². The highest BCUT2D eigenvalue weighted by Crippen LogP contribution is 2.13. The van der Waals surface area contributed by atoms with Crippen LogP contribution >= 0.6 is 11.8 Å². The van der Waals surface area contributed by atoms with Crippen molar-refractivity contribution < 1.29 is 9.90 Å². The quantitative estimate of drug-likeness (QED) is 0.470. The Hall–Kier alpha value is -0.350. The van der Waals surface area contributed by atoms with Crippen LogP contribution in [0.1, 0.15) is 0 Å². The van der Waals surface area contributed by atoms with Crippen molar-refractivity contribution in [3.05, 3.63) is 0 Å². The second kappa shape index (κ2) is 1.63. The minimum atomic E-state index is -0.840. The van der Waals surface area contributed by atoms with E-state index in [9.17, 15) is 4.79 Å². The number of carbonyl (C=O) groups is 1. The van der Waals surface area contributed by atoms with Crippen LogP contribution < -0.4 is 0 Å². The average molecular weight is 117 g/mol. The van der Waals surface area contributed by atoms with Gasteiger partial charge in [0.15, 0.2) is 0 Å². The molecule has 0 saturated heterocycles. The fourth-order valence-electron chi connectivity index (χ4n) is 0.289. The van der Waals surface area contributed by atoms with Gasteiger partial charge in [0.2, 0.25) is 10.7 Å². The van der Waals surface area contributed by atoms with E-state index in [-0.39, 0.29) is 5.12 Å². The van der Waals surface area contributed by atoms with Crippen molar-refractivity contribution in [1.82, 2.24) is 0 Å². The third-order valence-electron chi connectivity index (χ3n) is 0.529. The minimum Gasteiger partial charge on any atom is -0.363 e. The molecule has 1 atom stereocenters. The SMILES string of the molecule is O=C1C=NC(O)S1. The number of thioether (sulfide) groups is 1. The van der Waals surface area contributed by atoms with Gasteiger partial charge in [-0.15, -0.1) is 0 Å². The molecule has 0 aliphatic carbocycles. The zero-order chi connectivity index (χ0) is 5.28. The minimum absolute atomic E-state index is 0.174. The highest BCUT2D eigenvalue weighted by molar-refractivity contribution is 8.16. The fraction of sp³-hybridized carbons (Fsp3) is 0.333. The molecular weight excluding hydrogens is 114 g/mol. The van der Waals surface area contributed by atoms with Gasteiger partial charge in [0.1, 0.15) is 0 Å². The van der Waals surface area contributed by atoms with E-state index >= 15 is 0 Å². The molecule has 0 spiro atoms. The number of nitrogens with zero attached hydrogens (tertiary/aromatic N) is 1. The van der Waals surface area contributed by atoms with Gasteiger partial charge in [-0.3, -0.25) is 4.79 Å². The molecule has 1 aliphatic heterocycles. The standard InChI is InChI=1S/C3H3NO2S/c5-2-1-4-3(6)7-2/h1,3,6H. The Bertz CT molecular complexity index is 122. The van der Waals surface area contributed by atoms with Crippen LogP contribution in [0.25, 0.3) is 0 Å². The summed E-state index contributed by atoms with van der Waals surface area (Å²) < 4.78 is 0. The number of rotatable bonds is 0. The largest absolute Gasteiger partial charge is 0.363 e. The van der Waals surface area contributed by atoms with Gasteiger partial charge in [0.05, 0.1) is 6.21 Å². The maximum Gasteiger partial charge on any atom is 0.234 e. The van der Waals surface area contributed by atoms with Crippen LogP contribution in [-0.2, 0) is 4.79 Å². The summed E-state index contributed by atoms with van der Waals surface area (Å²) in [5.74, 6) is 0. The second-order valence-corrected chi connectivity index (χ2v) is 2.10. The topological polar surface area (TPSA) is 49.7 Å². The van der Waals surface area contributed by atoms with E-state index < -0.39 is 5.56 Å². The average Bonchev–Trinajstić information content (AvgIpc) is 1.87. The van der Waals surface area contributed by atoms with Gasteiger partial charge in [-0.1, -0.05) is 0 Å². The van der Waals surface area contributed by atoms with E-state index in [0.717, 1.165) is 18.0 Å². The molecule has 7 heavy (non-hydrogen) atoms. The number of aliphatic imine (C=N–C) groups is 1. The fourth-order valence-corrected chi connectivity index (χ4v) is 0.741. The summed E-state index contributed by atoms with van der Waals surface area (Å²) in [7, 11) is 0. The molecule has 1 rings (SSSR count). The van der Waals surface area contributed by atoms with Crippen LogP contribution in [0.2, 0.25) is 0 Å². The maximum atomic E-state index is 10.1. The first-order chi connectivity index (χ1) is 3.29. The Labute approximate surface area is 44.4 Å². The van der Waals surface area contributed by atoms with E-state index in [0.29, 0.717) is 0 Å². The maximum absolute atomic E-state index is 10.1. The molecule has 1 N–H and O–H groups in total. The first kappa shape index (κ1) is 4.80. The molecule has 0 amide bonds. The van der Waals surface area contributed by atoms with Crippen molar-refractivity contribution in [2.75, 3.05) is 0 Å². The Morgan fingerprint density at radius 3 is 2.86 bits per heavy atom. The van der Waals surface area contributed by atoms with Crippen molar-refractivity contribution in [1.29, 1.82) is 0 Å². The molecule has 1 unspecified atom stereocenters. The molecule has 1 aliphatic rings. The third kappa shape index (κ3) is 1.01.